The Balaban J connectivity index is 1.60. The third kappa shape index (κ3) is 4.59. The summed E-state index contributed by atoms with van der Waals surface area (Å²) < 4.78 is 63.8. The van der Waals surface area contributed by atoms with Gasteiger partial charge in [0.1, 0.15) is 23.9 Å². The first-order valence-corrected chi connectivity index (χ1v) is 9.46. The quantitative estimate of drug-likeness (QED) is 0.401. The molecule has 3 aromatic rings. The zero-order chi connectivity index (χ0) is 22.2. The highest BCUT2D eigenvalue weighted by molar-refractivity contribution is 6.30. The van der Waals surface area contributed by atoms with Gasteiger partial charge in [0, 0.05) is 10.7 Å². The predicted octanol–water partition coefficient (Wildman–Crippen LogP) is 6.99. The minimum absolute atomic E-state index is 0.0142. The van der Waals surface area contributed by atoms with Crippen LogP contribution in [0.1, 0.15) is 17.2 Å². The number of anilines is 1. The van der Waals surface area contributed by atoms with Crippen LogP contribution in [-0.2, 0) is 10.9 Å². The van der Waals surface area contributed by atoms with Crippen LogP contribution in [-0.4, -0.2) is 12.7 Å². The highest BCUT2D eigenvalue weighted by atomic mass is 35.5. The largest absolute Gasteiger partial charge is 0.457 e. The SMILES string of the molecule is O=C1OC[C@H](c2cc(F)cc(C(F)(F)F)c2)N1c1ccc(Oc2ccc(Cl)cc2)cc1. The van der Waals surface area contributed by atoms with E-state index in [1.165, 1.54) is 4.90 Å². The van der Waals surface area contributed by atoms with E-state index in [2.05, 4.69) is 0 Å². The Morgan fingerprint density at radius 3 is 2.19 bits per heavy atom. The molecule has 1 amide bonds. The topological polar surface area (TPSA) is 38.8 Å². The average molecular weight is 452 g/mol. The van der Waals surface area contributed by atoms with E-state index >= 15 is 0 Å². The summed E-state index contributed by atoms with van der Waals surface area (Å²) in [5, 5.41) is 0.562. The molecule has 0 aromatic heterocycles. The Hall–Kier alpha value is -3.26. The Morgan fingerprint density at radius 2 is 1.58 bits per heavy atom. The lowest BCUT2D eigenvalue weighted by Gasteiger charge is -2.23. The third-order valence-corrected chi connectivity index (χ3v) is 4.92. The van der Waals surface area contributed by atoms with Crippen molar-refractivity contribution in [1.29, 1.82) is 0 Å². The Labute approximate surface area is 179 Å². The number of cyclic esters (lactones) is 1. The summed E-state index contributed by atoms with van der Waals surface area (Å²) in [6.07, 6.45) is -5.46. The number of carbonyl (C=O) groups excluding carboxylic acids is 1. The molecule has 0 aliphatic carbocycles. The van der Waals surface area contributed by atoms with E-state index in [1.807, 2.05) is 0 Å². The van der Waals surface area contributed by atoms with Crippen LogP contribution < -0.4 is 9.64 Å². The summed E-state index contributed by atoms with van der Waals surface area (Å²) in [6.45, 7) is -0.206. The number of rotatable bonds is 4. The maximum Gasteiger partial charge on any atom is 0.416 e. The van der Waals surface area contributed by atoms with E-state index in [0.29, 0.717) is 28.3 Å². The number of halogens is 5. The van der Waals surface area contributed by atoms with E-state index in [-0.39, 0.29) is 12.2 Å². The Morgan fingerprint density at radius 1 is 0.968 bits per heavy atom. The number of benzene rings is 3. The van der Waals surface area contributed by atoms with Crippen LogP contribution >= 0.6 is 11.6 Å². The van der Waals surface area contributed by atoms with Gasteiger partial charge in [-0.1, -0.05) is 11.6 Å². The molecule has 1 heterocycles. The van der Waals surface area contributed by atoms with Gasteiger partial charge in [-0.15, -0.1) is 0 Å². The predicted molar refractivity (Wildman–Crippen MR) is 106 cm³/mol. The number of hydrogen-bond donors (Lipinski definition) is 0. The van der Waals surface area contributed by atoms with E-state index in [4.69, 9.17) is 21.1 Å². The molecule has 0 saturated carbocycles. The van der Waals surface area contributed by atoms with E-state index in [0.717, 1.165) is 12.1 Å². The standard InChI is InChI=1S/C22H14ClF4NO3/c23-15-1-5-18(6-2-15)31-19-7-3-17(4-8-19)28-20(12-30-21(28)29)13-9-14(22(25,26)27)11-16(24)10-13/h1-11,20H,12H2/t20-/m1/s1. The van der Waals surface area contributed by atoms with Crippen molar-refractivity contribution < 1.29 is 31.8 Å². The maximum atomic E-state index is 13.9. The molecule has 160 valence electrons. The van der Waals surface area contributed by atoms with Gasteiger partial charge < -0.3 is 9.47 Å². The van der Waals surface area contributed by atoms with Crippen molar-refractivity contribution in [2.75, 3.05) is 11.5 Å². The maximum absolute atomic E-state index is 13.9. The molecule has 4 rings (SSSR count). The van der Waals surface area contributed by atoms with E-state index < -0.39 is 29.7 Å². The highest BCUT2D eigenvalue weighted by Gasteiger charge is 2.38. The average Bonchev–Trinajstić information content (AvgIpc) is 3.11. The summed E-state index contributed by atoms with van der Waals surface area (Å²) >= 11 is 5.84. The van der Waals surface area contributed by atoms with Gasteiger partial charge in [-0.05, 0) is 72.3 Å². The summed E-state index contributed by atoms with van der Waals surface area (Å²) in [6, 6.07) is 14.3. The molecule has 1 fully saturated rings. The van der Waals surface area contributed by atoms with Crippen LogP contribution in [0.3, 0.4) is 0 Å². The molecule has 0 spiro atoms. The van der Waals surface area contributed by atoms with Crippen LogP contribution in [0.4, 0.5) is 28.0 Å². The minimum atomic E-state index is -4.72. The van der Waals surface area contributed by atoms with Crippen LogP contribution in [0.15, 0.2) is 66.7 Å². The Bertz CT molecular complexity index is 1100. The first-order valence-electron chi connectivity index (χ1n) is 9.08. The first kappa shape index (κ1) is 21.0. The van der Waals surface area contributed by atoms with Gasteiger partial charge in [0.15, 0.2) is 0 Å². The van der Waals surface area contributed by atoms with Gasteiger partial charge in [0.25, 0.3) is 0 Å². The molecule has 31 heavy (non-hydrogen) atoms. The second kappa shape index (κ2) is 8.11. The molecule has 1 aliphatic rings. The molecular weight excluding hydrogens is 438 g/mol. The molecule has 0 bridgehead atoms. The van der Waals surface area contributed by atoms with Crippen LogP contribution in [0.25, 0.3) is 0 Å². The summed E-state index contributed by atoms with van der Waals surface area (Å²) in [5.41, 5.74) is -0.776. The number of alkyl halides is 3. The van der Waals surface area contributed by atoms with Crippen molar-refractivity contribution in [3.05, 3.63) is 88.7 Å². The summed E-state index contributed by atoms with van der Waals surface area (Å²) in [5.74, 6) is -0.0221. The van der Waals surface area contributed by atoms with Gasteiger partial charge in [0.2, 0.25) is 0 Å². The zero-order valence-electron chi connectivity index (χ0n) is 15.7. The normalized spacial score (nSPS) is 16.4. The molecule has 4 nitrogen and oxygen atoms in total. The number of carbonyl (C=O) groups is 1. The lowest BCUT2D eigenvalue weighted by Crippen LogP contribution is -2.27. The van der Waals surface area contributed by atoms with Crippen molar-refractivity contribution in [3.8, 4) is 11.5 Å². The summed E-state index contributed by atoms with van der Waals surface area (Å²) in [7, 11) is 0. The lowest BCUT2D eigenvalue weighted by atomic mass is 10.0. The zero-order valence-corrected chi connectivity index (χ0v) is 16.5. The molecule has 3 aromatic carbocycles. The smallest absolute Gasteiger partial charge is 0.416 e. The van der Waals surface area contributed by atoms with Crippen LogP contribution in [0, 0.1) is 5.82 Å². The third-order valence-electron chi connectivity index (χ3n) is 4.67. The molecule has 0 unspecified atom stereocenters. The van der Waals surface area contributed by atoms with Crippen molar-refractivity contribution in [2.24, 2.45) is 0 Å². The molecule has 1 saturated heterocycles. The number of nitrogens with zero attached hydrogens (tertiary/aromatic N) is 1. The molecule has 0 N–H and O–H groups in total. The Kier molecular flexibility index (Phi) is 5.49. The van der Waals surface area contributed by atoms with E-state index in [1.54, 1.807) is 48.5 Å². The van der Waals surface area contributed by atoms with Crippen molar-refractivity contribution >= 4 is 23.4 Å². The highest BCUT2D eigenvalue weighted by Crippen LogP contribution is 2.37. The fraction of sp³-hybridized carbons (Fsp3) is 0.136. The molecule has 0 radical (unpaired) electrons. The minimum Gasteiger partial charge on any atom is -0.457 e. The van der Waals surface area contributed by atoms with Crippen molar-refractivity contribution in [3.63, 3.8) is 0 Å². The first-order chi connectivity index (χ1) is 14.7. The number of ether oxygens (including phenoxy) is 2. The number of hydrogen-bond acceptors (Lipinski definition) is 3. The van der Waals surface area contributed by atoms with Crippen LogP contribution in [0.2, 0.25) is 5.02 Å². The monoisotopic (exact) mass is 451 g/mol. The van der Waals surface area contributed by atoms with Gasteiger partial charge in [-0.3, -0.25) is 4.90 Å². The lowest BCUT2D eigenvalue weighted by molar-refractivity contribution is -0.137. The van der Waals surface area contributed by atoms with Crippen LogP contribution in [0.5, 0.6) is 11.5 Å². The van der Waals surface area contributed by atoms with Gasteiger partial charge in [-0.2, -0.15) is 13.2 Å². The second-order valence-corrected chi connectivity index (χ2v) is 7.22. The fourth-order valence-corrected chi connectivity index (χ4v) is 3.36. The van der Waals surface area contributed by atoms with Crippen molar-refractivity contribution in [1.82, 2.24) is 0 Å². The van der Waals surface area contributed by atoms with Gasteiger partial charge in [-0.25, -0.2) is 9.18 Å². The molecular formula is C22H14ClF4NO3. The molecule has 9 heteroatoms. The van der Waals surface area contributed by atoms with Crippen molar-refractivity contribution in [2.45, 2.75) is 12.2 Å². The second-order valence-electron chi connectivity index (χ2n) is 6.78. The van der Waals surface area contributed by atoms with Gasteiger partial charge >= 0.3 is 12.3 Å². The van der Waals surface area contributed by atoms with Gasteiger partial charge in [0.05, 0.1) is 11.6 Å². The fourth-order valence-electron chi connectivity index (χ4n) is 3.23. The summed E-state index contributed by atoms with van der Waals surface area (Å²) in [4.78, 5) is 13.5. The molecule has 1 atom stereocenters. The molecule has 1 aliphatic heterocycles. The van der Waals surface area contributed by atoms with E-state index in [9.17, 15) is 22.4 Å². The number of amides is 1.